The van der Waals surface area contributed by atoms with Crippen molar-refractivity contribution in [2.75, 3.05) is 18.4 Å². The third kappa shape index (κ3) is 5.06. The fourth-order valence-electron chi connectivity index (χ4n) is 4.75. The number of hydrogen-bond acceptors (Lipinski definition) is 5. The molecule has 35 heavy (non-hydrogen) atoms. The summed E-state index contributed by atoms with van der Waals surface area (Å²) in [4.78, 5) is 25.9. The zero-order valence-electron chi connectivity index (χ0n) is 20.4. The van der Waals surface area contributed by atoms with Crippen LogP contribution in [0.4, 0.5) is 5.69 Å². The van der Waals surface area contributed by atoms with Crippen LogP contribution in [0, 0.1) is 25.7 Å². The Hall–Kier alpha value is -3.30. The Kier molecular flexibility index (Phi) is 6.91. The molecule has 1 aromatic heterocycles. The Balaban J connectivity index is 1.49. The normalized spacial score (nSPS) is 18.9. The van der Waals surface area contributed by atoms with E-state index in [2.05, 4.69) is 24.3 Å². The maximum Gasteiger partial charge on any atom is 0.296 e. The van der Waals surface area contributed by atoms with Gasteiger partial charge in [0.15, 0.2) is 0 Å². The first kappa shape index (κ1) is 24.8. The van der Waals surface area contributed by atoms with Crippen molar-refractivity contribution in [2.24, 2.45) is 11.8 Å². The van der Waals surface area contributed by atoms with Crippen LogP contribution >= 0.6 is 0 Å². The molecular formula is C26H30N4O4S. The van der Waals surface area contributed by atoms with Crippen molar-refractivity contribution in [1.29, 1.82) is 0 Å². The summed E-state index contributed by atoms with van der Waals surface area (Å²) in [7, 11) is -3.62. The van der Waals surface area contributed by atoms with E-state index >= 15 is 0 Å². The summed E-state index contributed by atoms with van der Waals surface area (Å²) in [5.41, 5.74) is 2.41. The number of anilines is 1. The molecule has 8 nitrogen and oxygen atoms in total. The van der Waals surface area contributed by atoms with Crippen molar-refractivity contribution in [3.05, 3.63) is 71.5 Å². The molecule has 1 aliphatic rings. The van der Waals surface area contributed by atoms with Crippen LogP contribution in [0.25, 0.3) is 5.69 Å². The zero-order chi connectivity index (χ0) is 25.3. The summed E-state index contributed by atoms with van der Waals surface area (Å²) in [5, 5.41) is 7.01. The van der Waals surface area contributed by atoms with E-state index in [0.717, 1.165) is 12.1 Å². The lowest BCUT2D eigenvalue weighted by Gasteiger charge is -2.34. The minimum atomic E-state index is -3.62. The van der Waals surface area contributed by atoms with E-state index < -0.39 is 21.7 Å². The predicted molar refractivity (Wildman–Crippen MR) is 134 cm³/mol. The maximum absolute atomic E-state index is 13.1. The number of Topliss-reactive ketones (excluding diaryl/α,β-unsaturated/α-hetero) is 1. The zero-order valence-corrected chi connectivity index (χ0v) is 21.2. The van der Waals surface area contributed by atoms with Gasteiger partial charge in [-0.15, -0.1) is 0 Å². The number of aromatic nitrogens is 2. The molecule has 1 fully saturated rings. The molecule has 1 aliphatic heterocycles. The van der Waals surface area contributed by atoms with Crippen LogP contribution in [0.1, 0.15) is 42.0 Å². The van der Waals surface area contributed by atoms with Crippen LogP contribution in [0.5, 0.6) is 0 Å². The Labute approximate surface area is 206 Å². The first-order valence-electron chi connectivity index (χ1n) is 11.7. The Morgan fingerprint density at radius 2 is 1.54 bits per heavy atom. The Bertz CT molecular complexity index is 1340. The van der Waals surface area contributed by atoms with Gasteiger partial charge >= 0.3 is 0 Å². The second-order valence-electron chi connectivity index (χ2n) is 9.37. The molecule has 1 N–H and O–H groups in total. The number of carbonyl (C=O) groups excluding carboxylic acids is 2. The minimum absolute atomic E-state index is 0.166. The monoisotopic (exact) mass is 494 g/mol. The number of para-hydroxylation sites is 1. The van der Waals surface area contributed by atoms with Crippen LogP contribution in [0.15, 0.2) is 59.5 Å². The fraction of sp³-hybridized carbons (Fsp3) is 0.346. The molecule has 4 rings (SSSR count). The number of hydrogen-bond donors (Lipinski definition) is 1. The van der Waals surface area contributed by atoms with Gasteiger partial charge in [-0.2, -0.15) is 9.40 Å². The molecule has 0 radical (unpaired) electrons. The molecule has 3 aromatic rings. The molecule has 2 atom stereocenters. The second-order valence-corrected chi connectivity index (χ2v) is 11.3. The number of nitrogens with zero attached hydrogens (tertiary/aromatic N) is 3. The lowest BCUT2D eigenvalue weighted by atomic mass is 9.94. The molecule has 9 heteroatoms. The minimum Gasteiger partial charge on any atom is -0.319 e. The number of rotatable bonds is 6. The molecule has 1 amide bonds. The van der Waals surface area contributed by atoms with Gasteiger partial charge in [0, 0.05) is 18.8 Å². The van der Waals surface area contributed by atoms with E-state index in [1.54, 1.807) is 18.5 Å². The summed E-state index contributed by atoms with van der Waals surface area (Å²) >= 11 is 0. The van der Waals surface area contributed by atoms with Gasteiger partial charge in [0.1, 0.15) is 0 Å². The van der Waals surface area contributed by atoms with E-state index in [1.807, 2.05) is 30.3 Å². The van der Waals surface area contributed by atoms with E-state index in [1.165, 1.54) is 28.6 Å². The van der Waals surface area contributed by atoms with Gasteiger partial charge in [-0.1, -0.05) is 32.0 Å². The van der Waals surface area contributed by atoms with Crippen molar-refractivity contribution in [3.8, 4) is 5.69 Å². The number of amides is 1. The average molecular weight is 495 g/mol. The lowest BCUT2D eigenvalue weighted by Crippen LogP contribution is -2.42. The molecule has 0 aliphatic carbocycles. The van der Waals surface area contributed by atoms with Crippen LogP contribution in [0.3, 0.4) is 0 Å². The lowest BCUT2D eigenvalue weighted by molar-refractivity contribution is -0.112. The number of piperidine rings is 1. The number of carbonyl (C=O) groups is 2. The maximum atomic E-state index is 13.1. The first-order chi connectivity index (χ1) is 16.6. The summed E-state index contributed by atoms with van der Waals surface area (Å²) in [6.45, 7) is 8.54. The van der Waals surface area contributed by atoms with Crippen molar-refractivity contribution >= 4 is 27.4 Å². The summed E-state index contributed by atoms with van der Waals surface area (Å²) in [6, 6.07) is 15.3. The summed E-state index contributed by atoms with van der Waals surface area (Å²) in [6.07, 6.45) is 1.01. The smallest absolute Gasteiger partial charge is 0.296 e. The highest BCUT2D eigenvalue weighted by atomic mass is 32.2. The summed E-state index contributed by atoms with van der Waals surface area (Å²) < 4.78 is 29.3. The number of sulfonamides is 1. The fourth-order valence-corrected chi connectivity index (χ4v) is 6.43. The molecular weight excluding hydrogens is 464 g/mol. The van der Waals surface area contributed by atoms with Crippen LogP contribution in [-0.4, -0.2) is 47.3 Å². The highest BCUT2D eigenvalue weighted by Crippen LogP contribution is 2.27. The van der Waals surface area contributed by atoms with Gasteiger partial charge in [-0.25, -0.2) is 13.1 Å². The van der Waals surface area contributed by atoms with Gasteiger partial charge in [-0.3, -0.25) is 9.59 Å². The van der Waals surface area contributed by atoms with Gasteiger partial charge in [0.2, 0.25) is 10.0 Å². The quantitative estimate of drug-likeness (QED) is 0.413. The Morgan fingerprint density at radius 1 is 0.943 bits per heavy atom. The first-order valence-corrected chi connectivity index (χ1v) is 13.1. The number of ketones is 1. The predicted octanol–water partition coefficient (Wildman–Crippen LogP) is 3.98. The SMILES string of the molecule is Cc1nn(-c2ccccc2)c(C)c1C(=O)C(=O)Nc1ccc(S(=O)(=O)N2CC(C)CC(C)C2)cc1. The van der Waals surface area contributed by atoms with Crippen molar-refractivity contribution in [3.63, 3.8) is 0 Å². The molecule has 2 aromatic carbocycles. The molecule has 0 saturated carbocycles. The topological polar surface area (TPSA) is 101 Å². The van der Waals surface area contributed by atoms with Gasteiger partial charge in [-0.05, 0) is 68.5 Å². The number of benzene rings is 2. The standard InChI is InChI=1S/C26H30N4O4S/c1-17-14-18(2)16-29(15-17)35(33,34)23-12-10-21(11-13-23)27-26(32)25(31)24-19(3)28-30(20(24)4)22-8-6-5-7-9-22/h5-13,17-18H,14-16H2,1-4H3,(H,27,32). The van der Waals surface area contributed by atoms with Crippen LogP contribution in [-0.2, 0) is 14.8 Å². The highest BCUT2D eigenvalue weighted by Gasteiger charge is 2.32. The van der Waals surface area contributed by atoms with Gasteiger partial charge < -0.3 is 5.32 Å². The largest absolute Gasteiger partial charge is 0.319 e. The number of nitrogens with one attached hydrogen (secondary N) is 1. The van der Waals surface area contributed by atoms with Crippen LogP contribution in [0.2, 0.25) is 0 Å². The molecule has 0 spiro atoms. The van der Waals surface area contributed by atoms with Crippen molar-refractivity contribution < 1.29 is 18.0 Å². The van der Waals surface area contributed by atoms with E-state index in [9.17, 15) is 18.0 Å². The van der Waals surface area contributed by atoms with E-state index in [4.69, 9.17) is 0 Å². The van der Waals surface area contributed by atoms with E-state index in [-0.39, 0.29) is 10.5 Å². The number of aryl methyl sites for hydroxylation is 1. The second kappa shape index (κ2) is 9.75. The summed E-state index contributed by atoms with van der Waals surface area (Å²) in [5.74, 6) is -0.902. The van der Waals surface area contributed by atoms with Gasteiger partial charge in [0.05, 0.1) is 27.5 Å². The molecule has 2 heterocycles. The third-order valence-electron chi connectivity index (χ3n) is 6.31. The van der Waals surface area contributed by atoms with Crippen molar-refractivity contribution in [1.82, 2.24) is 14.1 Å². The molecule has 2 unspecified atom stereocenters. The highest BCUT2D eigenvalue weighted by molar-refractivity contribution is 7.89. The van der Waals surface area contributed by atoms with Crippen LogP contribution < -0.4 is 5.32 Å². The van der Waals surface area contributed by atoms with Crippen molar-refractivity contribution in [2.45, 2.75) is 39.0 Å². The van der Waals surface area contributed by atoms with E-state index in [0.29, 0.717) is 42.0 Å². The average Bonchev–Trinajstić information content (AvgIpc) is 3.12. The third-order valence-corrected chi connectivity index (χ3v) is 8.16. The Morgan fingerprint density at radius 3 is 2.14 bits per heavy atom. The molecule has 1 saturated heterocycles. The van der Waals surface area contributed by atoms with Gasteiger partial charge in [0.25, 0.3) is 11.7 Å². The molecule has 184 valence electrons. The molecule has 0 bridgehead atoms.